The van der Waals surface area contributed by atoms with Crippen LogP contribution in [0.2, 0.25) is 0 Å². The second-order valence-electron chi connectivity index (χ2n) is 5.71. The van der Waals surface area contributed by atoms with Crippen LogP contribution in [0.5, 0.6) is 0 Å². The molecule has 0 aromatic rings. The minimum absolute atomic E-state index is 0.227. The van der Waals surface area contributed by atoms with Gasteiger partial charge in [0.1, 0.15) is 6.04 Å². The third-order valence-electron chi connectivity index (χ3n) is 3.24. The molecule has 6 nitrogen and oxygen atoms in total. The van der Waals surface area contributed by atoms with Crippen molar-refractivity contribution in [2.24, 2.45) is 5.92 Å². The van der Waals surface area contributed by atoms with E-state index in [1.807, 2.05) is 18.7 Å². The number of nitrogens with zero attached hydrogens (tertiary/aromatic N) is 1. The van der Waals surface area contributed by atoms with Crippen LogP contribution >= 0.6 is 0 Å². The van der Waals surface area contributed by atoms with Crippen LogP contribution in [0.15, 0.2) is 0 Å². The molecular formula is C12H24N2O4S. The van der Waals surface area contributed by atoms with E-state index in [2.05, 4.69) is 4.72 Å². The highest BCUT2D eigenvalue weighted by molar-refractivity contribution is 7.88. The molecule has 19 heavy (non-hydrogen) atoms. The molecule has 0 aromatic carbocycles. The number of rotatable bonds is 7. The number of hydrogen-bond acceptors (Lipinski definition) is 4. The van der Waals surface area contributed by atoms with Crippen LogP contribution in [0.3, 0.4) is 0 Å². The number of carbonyl (C=O) groups is 1. The Morgan fingerprint density at radius 3 is 2.58 bits per heavy atom. The average molecular weight is 292 g/mol. The Hall–Kier alpha value is -0.660. The maximum atomic E-state index is 11.4. The van der Waals surface area contributed by atoms with Gasteiger partial charge in [-0.25, -0.2) is 13.1 Å². The molecule has 0 spiro atoms. The molecule has 7 heteroatoms. The highest BCUT2D eigenvalue weighted by atomic mass is 32.2. The van der Waals surface area contributed by atoms with Crippen LogP contribution in [-0.2, 0) is 14.8 Å². The molecule has 1 heterocycles. The molecule has 2 N–H and O–H groups in total. The van der Waals surface area contributed by atoms with E-state index in [4.69, 9.17) is 5.11 Å². The molecule has 1 fully saturated rings. The molecule has 1 rings (SSSR count). The fraction of sp³-hybridized carbons (Fsp3) is 0.917. The van der Waals surface area contributed by atoms with Crippen molar-refractivity contribution < 1.29 is 18.3 Å². The highest BCUT2D eigenvalue weighted by Crippen LogP contribution is 2.19. The Bertz CT molecular complexity index is 408. The maximum Gasteiger partial charge on any atom is 0.320 e. The maximum absolute atomic E-state index is 11.4. The van der Waals surface area contributed by atoms with E-state index in [0.29, 0.717) is 25.3 Å². The lowest BCUT2D eigenvalue weighted by Gasteiger charge is -2.28. The fourth-order valence-corrected chi connectivity index (χ4v) is 3.42. The summed E-state index contributed by atoms with van der Waals surface area (Å²) < 4.78 is 25.3. The second-order valence-corrected chi connectivity index (χ2v) is 7.49. The Balaban J connectivity index is 2.68. The van der Waals surface area contributed by atoms with Crippen LogP contribution in [0.25, 0.3) is 0 Å². The average Bonchev–Trinajstić information content (AvgIpc) is 2.61. The molecule has 0 radical (unpaired) electrons. The Labute approximate surface area is 115 Å². The molecule has 2 atom stereocenters. The Kier molecular flexibility index (Phi) is 5.76. The number of likely N-dealkylation sites (tertiary alicyclic amines) is 1. The summed E-state index contributed by atoms with van der Waals surface area (Å²) in [6.07, 6.45) is 3.34. The van der Waals surface area contributed by atoms with Gasteiger partial charge in [-0.15, -0.1) is 0 Å². The number of carboxylic acids is 1. The molecule has 0 aliphatic carbocycles. The monoisotopic (exact) mass is 292 g/mol. The van der Waals surface area contributed by atoms with Gasteiger partial charge in [0.2, 0.25) is 10.0 Å². The van der Waals surface area contributed by atoms with Gasteiger partial charge in [0.25, 0.3) is 0 Å². The van der Waals surface area contributed by atoms with Crippen LogP contribution in [0, 0.1) is 5.92 Å². The van der Waals surface area contributed by atoms with Gasteiger partial charge in [-0.2, -0.15) is 0 Å². The number of hydrogen-bond donors (Lipinski definition) is 2. The molecule has 1 aliphatic rings. The Morgan fingerprint density at radius 2 is 2.11 bits per heavy atom. The summed E-state index contributed by atoms with van der Waals surface area (Å²) in [4.78, 5) is 13.0. The van der Waals surface area contributed by atoms with Crippen molar-refractivity contribution in [3.8, 4) is 0 Å². The molecule has 0 bridgehead atoms. The smallest absolute Gasteiger partial charge is 0.320 e. The second kappa shape index (κ2) is 6.67. The molecule has 112 valence electrons. The Morgan fingerprint density at radius 1 is 1.47 bits per heavy atom. The number of carboxylic acid groups (broad SMARTS) is 1. The molecular weight excluding hydrogens is 268 g/mol. The van der Waals surface area contributed by atoms with Crippen LogP contribution in [0.1, 0.15) is 33.1 Å². The van der Waals surface area contributed by atoms with Gasteiger partial charge in [0.05, 0.1) is 6.26 Å². The zero-order valence-corrected chi connectivity index (χ0v) is 12.6. The molecule has 0 amide bonds. The summed E-state index contributed by atoms with van der Waals surface area (Å²) in [7, 11) is -3.27. The number of aliphatic carboxylic acids is 1. The predicted molar refractivity (Wildman–Crippen MR) is 73.5 cm³/mol. The minimum Gasteiger partial charge on any atom is -0.480 e. The zero-order chi connectivity index (χ0) is 14.6. The van der Waals surface area contributed by atoms with Gasteiger partial charge in [-0.1, -0.05) is 13.8 Å². The van der Waals surface area contributed by atoms with Gasteiger partial charge in [-0.05, 0) is 31.7 Å². The van der Waals surface area contributed by atoms with Crippen molar-refractivity contribution in [2.45, 2.75) is 45.2 Å². The first-order valence-electron chi connectivity index (χ1n) is 6.63. The van der Waals surface area contributed by atoms with E-state index in [1.54, 1.807) is 0 Å². The highest BCUT2D eigenvalue weighted by Gasteiger charge is 2.32. The SMILES string of the molecule is CC(C)CC(CN1CCC[C@H]1C(=O)O)NS(C)(=O)=O. The summed E-state index contributed by atoms with van der Waals surface area (Å²) in [6, 6.07) is -0.703. The lowest BCUT2D eigenvalue weighted by Crippen LogP contribution is -2.47. The summed E-state index contributed by atoms with van der Waals surface area (Å²) in [5, 5.41) is 9.13. The van der Waals surface area contributed by atoms with Crippen molar-refractivity contribution in [1.82, 2.24) is 9.62 Å². The van der Waals surface area contributed by atoms with E-state index in [9.17, 15) is 13.2 Å². The summed E-state index contributed by atoms with van der Waals surface area (Å²) in [5.74, 6) is -0.467. The normalized spacial score (nSPS) is 22.8. The fourth-order valence-electron chi connectivity index (χ4n) is 2.64. The van der Waals surface area contributed by atoms with Crippen LogP contribution in [-0.4, -0.2) is 55.8 Å². The summed E-state index contributed by atoms with van der Waals surface area (Å²) in [5.41, 5.74) is 0. The lowest BCUT2D eigenvalue weighted by atomic mass is 10.0. The van der Waals surface area contributed by atoms with Crippen LogP contribution in [0.4, 0.5) is 0 Å². The first-order valence-corrected chi connectivity index (χ1v) is 8.52. The van der Waals surface area contributed by atoms with Crippen molar-refractivity contribution >= 4 is 16.0 Å². The van der Waals surface area contributed by atoms with Gasteiger partial charge < -0.3 is 5.11 Å². The topological polar surface area (TPSA) is 86.7 Å². The van der Waals surface area contributed by atoms with E-state index in [-0.39, 0.29) is 6.04 Å². The molecule has 1 saturated heterocycles. The first-order chi connectivity index (χ1) is 8.69. The van der Waals surface area contributed by atoms with Gasteiger partial charge >= 0.3 is 5.97 Å². The first kappa shape index (κ1) is 16.4. The number of nitrogens with one attached hydrogen (secondary N) is 1. The lowest BCUT2D eigenvalue weighted by molar-refractivity contribution is -0.142. The molecule has 0 saturated carbocycles. The third kappa shape index (κ3) is 5.88. The standard InChI is InChI=1S/C12H24N2O4S/c1-9(2)7-10(13-19(3,17)18)8-14-6-4-5-11(14)12(15)16/h9-11,13H,4-8H2,1-3H3,(H,15,16)/t10?,11-/m0/s1. The van der Waals surface area contributed by atoms with Gasteiger partial charge in [0, 0.05) is 12.6 Å². The van der Waals surface area contributed by atoms with Crippen molar-refractivity contribution in [3.63, 3.8) is 0 Å². The van der Waals surface area contributed by atoms with Crippen LogP contribution < -0.4 is 4.72 Å². The van der Waals surface area contributed by atoms with E-state index < -0.39 is 22.0 Å². The van der Waals surface area contributed by atoms with Crippen molar-refractivity contribution in [3.05, 3.63) is 0 Å². The molecule has 1 aliphatic heterocycles. The van der Waals surface area contributed by atoms with E-state index >= 15 is 0 Å². The van der Waals surface area contributed by atoms with Crippen molar-refractivity contribution in [2.75, 3.05) is 19.3 Å². The van der Waals surface area contributed by atoms with Gasteiger partial charge in [-0.3, -0.25) is 9.69 Å². The zero-order valence-electron chi connectivity index (χ0n) is 11.8. The van der Waals surface area contributed by atoms with Crippen molar-refractivity contribution in [1.29, 1.82) is 0 Å². The van der Waals surface area contributed by atoms with Gasteiger partial charge in [0.15, 0.2) is 0 Å². The summed E-state index contributed by atoms with van der Waals surface area (Å²) >= 11 is 0. The molecule has 0 aromatic heterocycles. The summed E-state index contributed by atoms with van der Waals surface area (Å²) in [6.45, 7) is 5.23. The minimum atomic E-state index is -3.27. The largest absolute Gasteiger partial charge is 0.480 e. The molecule has 1 unspecified atom stereocenters. The number of sulfonamides is 1. The van der Waals surface area contributed by atoms with E-state index in [0.717, 1.165) is 19.2 Å². The predicted octanol–water partition coefficient (Wildman–Crippen LogP) is 0.499. The van der Waals surface area contributed by atoms with E-state index in [1.165, 1.54) is 0 Å². The quantitative estimate of drug-likeness (QED) is 0.713. The third-order valence-corrected chi connectivity index (χ3v) is 4.00.